The standard InChI is InChI=1S/C8H12O2/c1-2-3-6-4-7(9)5-8(6)10/h2-3,6,8,10H,4-5H2,1H3. The molecular weight excluding hydrogens is 128 g/mol. The van der Waals surface area contributed by atoms with Crippen molar-refractivity contribution in [2.75, 3.05) is 0 Å². The summed E-state index contributed by atoms with van der Waals surface area (Å²) >= 11 is 0. The summed E-state index contributed by atoms with van der Waals surface area (Å²) in [4.78, 5) is 10.7. The topological polar surface area (TPSA) is 37.3 Å². The maximum absolute atomic E-state index is 10.7. The first-order chi connectivity index (χ1) is 4.74. The average molecular weight is 140 g/mol. The van der Waals surface area contributed by atoms with Crippen LogP contribution in [0.15, 0.2) is 12.2 Å². The molecule has 1 aliphatic rings. The molecule has 2 heteroatoms. The van der Waals surface area contributed by atoms with Crippen LogP contribution in [-0.4, -0.2) is 17.0 Å². The Morgan fingerprint density at radius 3 is 2.70 bits per heavy atom. The van der Waals surface area contributed by atoms with Crippen molar-refractivity contribution in [3.63, 3.8) is 0 Å². The highest BCUT2D eigenvalue weighted by molar-refractivity contribution is 5.81. The van der Waals surface area contributed by atoms with E-state index in [-0.39, 0.29) is 11.7 Å². The van der Waals surface area contributed by atoms with Crippen LogP contribution in [-0.2, 0) is 4.79 Å². The van der Waals surface area contributed by atoms with Crippen molar-refractivity contribution < 1.29 is 9.90 Å². The van der Waals surface area contributed by atoms with Crippen molar-refractivity contribution in [3.8, 4) is 0 Å². The predicted octanol–water partition coefficient (Wildman–Crippen LogP) is 0.903. The number of carbonyl (C=O) groups excluding carboxylic acids is 1. The lowest BCUT2D eigenvalue weighted by Gasteiger charge is -2.05. The molecule has 2 unspecified atom stereocenters. The summed E-state index contributed by atoms with van der Waals surface area (Å²) in [5.74, 6) is 0.258. The lowest BCUT2D eigenvalue weighted by molar-refractivity contribution is -0.117. The van der Waals surface area contributed by atoms with Gasteiger partial charge in [-0.25, -0.2) is 0 Å². The molecular formula is C8H12O2. The van der Waals surface area contributed by atoms with Gasteiger partial charge in [0.05, 0.1) is 6.10 Å². The minimum absolute atomic E-state index is 0.0810. The molecule has 2 nitrogen and oxygen atoms in total. The number of ketones is 1. The van der Waals surface area contributed by atoms with E-state index < -0.39 is 6.10 Å². The molecule has 1 N–H and O–H groups in total. The number of aliphatic hydroxyl groups excluding tert-OH is 1. The van der Waals surface area contributed by atoms with E-state index in [1.807, 2.05) is 19.1 Å². The lowest BCUT2D eigenvalue weighted by Crippen LogP contribution is -2.09. The zero-order valence-electron chi connectivity index (χ0n) is 6.08. The zero-order valence-corrected chi connectivity index (χ0v) is 6.08. The number of hydrogen-bond donors (Lipinski definition) is 1. The maximum atomic E-state index is 10.7. The number of hydrogen-bond acceptors (Lipinski definition) is 2. The molecule has 0 spiro atoms. The van der Waals surface area contributed by atoms with Gasteiger partial charge >= 0.3 is 0 Å². The molecule has 0 aromatic carbocycles. The Hall–Kier alpha value is -0.630. The summed E-state index contributed by atoms with van der Waals surface area (Å²) in [6.45, 7) is 1.90. The molecule has 0 aromatic rings. The second kappa shape index (κ2) is 2.97. The van der Waals surface area contributed by atoms with Crippen LogP contribution in [0.2, 0.25) is 0 Å². The Morgan fingerprint density at radius 2 is 2.30 bits per heavy atom. The summed E-state index contributed by atoms with van der Waals surface area (Å²) in [5.41, 5.74) is 0. The molecule has 0 radical (unpaired) electrons. The molecule has 56 valence electrons. The number of carbonyl (C=O) groups is 1. The van der Waals surface area contributed by atoms with Crippen molar-refractivity contribution in [2.24, 2.45) is 5.92 Å². The van der Waals surface area contributed by atoms with Crippen LogP contribution < -0.4 is 0 Å². The van der Waals surface area contributed by atoms with Gasteiger partial charge in [-0.3, -0.25) is 4.79 Å². The Bertz CT molecular complexity index is 161. The van der Waals surface area contributed by atoms with Gasteiger partial charge in [-0.2, -0.15) is 0 Å². The Morgan fingerprint density at radius 1 is 1.60 bits per heavy atom. The smallest absolute Gasteiger partial charge is 0.136 e. The summed E-state index contributed by atoms with van der Waals surface area (Å²) in [6.07, 6.45) is 4.21. The second-order valence-corrected chi connectivity index (χ2v) is 2.70. The van der Waals surface area contributed by atoms with Gasteiger partial charge in [0.15, 0.2) is 0 Å². The van der Waals surface area contributed by atoms with Crippen molar-refractivity contribution in [1.82, 2.24) is 0 Å². The van der Waals surface area contributed by atoms with E-state index in [1.54, 1.807) is 0 Å². The first-order valence-corrected chi connectivity index (χ1v) is 3.56. The molecule has 0 aromatic heterocycles. The van der Waals surface area contributed by atoms with Crippen molar-refractivity contribution in [2.45, 2.75) is 25.9 Å². The fraction of sp³-hybridized carbons (Fsp3) is 0.625. The van der Waals surface area contributed by atoms with Gasteiger partial charge in [0.1, 0.15) is 5.78 Å². The van der Waals surface area contributed by atoms with Gasteiger partial charge < -0.3 is 5.11 Å². The van der Waals surface area contributed by atoms with Crippen LogP contribution in [0.25, 0.3) is 0 Å². The number of rotatable bonds is 1. The summed E-state index contributed by atoms with van der Waals surface area (Å²) < 4.78 is 0. The molecule has 0 saturated heterocycles. The monoisotopic (exact) mass is 140 g/mol. The summed E-state index contributed by atoms with van der Waals surface area (Å²) in [6, 6.07) is 0. The third-order valence-electron chi connectivity index (χ3n) is 1.83. The van der Waals surface area contributed by atoms with E-state index in [4.69, 9.17) is 0 Å². The van der Waals surface area contributed by atoms with Gasteiger partial charge in [0, 0.05) is 18.8 Å². The van der Waals surface area contributed by atoms with Gasteiger partial charge in [0.25, 0.3) is 0 Å². The van der Waals surface area contributed by atoms with Crippen LogP contribution in [0.5, 0.6) is 0 Å². The quantitative estimate of drug-likeness (QED) is 0.549. The molecule has 0 bridgehead atoms. The van der Waals surface area contributed by atoms with Gasteiger partial charge in [-0.1, -0.05) is 12.2 Å². The molecule has 1 rings (SSSR count). The second-order valence-electron chi connectivity index (χ2n) is 2.70. The van der Waals surface area contributed by atoms with E-state index >= 15 is 0 Å². The molecule has 2 atom stereocenters. The highest BCUT2D eigenvalue weighted by Crippen LogP contribution is 2.23. The third-order valence-corrected chi connectivity index (χ3v) is 1.83. The fourth-order valence-electron chi connectivity index (χ4n) is 1.31. The lowest BCUT2D eigenvalue weighted by atomic mass is 10.1. The van der Waals surface area contributed by atoms with E-state index in [9.17, 15) is 9.90 Å². The minimum Gasteiger partial charge on any atom is -0.392 e. The van der Waals surface area contributed by atoms with Crippen molar-refractivity contribution >= 4 is 5.78 Å². The van der Waals surface area contributed by atoms with Gasteiger partial charge in [0.2, 0.25) is 0 Å². The summed E-state index contributed by atoms with van der Waals surface area (Å²) in [5, 5.41) is 9.22. The Kier molecular flexibility index (Phi) is 2.22. The van der Waals surface area contributed by atoms with Crippen LogP contribution >= 0.6 is 0 Å². The zero-order chi connectivity index (χ0) is 7.56. The van der Waals surface area contributed by atoms with Gasteiger partial charge in [-0.05, 0) is 6.92 Å². The van der Waals surface area contributed by atoms with Crippen LogP contribution in [0.4, 0.5) is 0 Å². The molecule has 1 aliphatic carbocycles. The normalized spacial score (nSPS) is 34.0. The molecule has 0 amide bonds. The fourth-order valence-corrected chi connectivity index (χ4v) is 1.31. The molecule has 10 heavy (non-hydrogen) atoms. The maximum Gasteiger partial charge on any atom is 0.136 e. The van der Waals surface area contributed by atoms with E-state index in [2.05, 4.69) is 0 Å². The van der Waals surface area contributed by atoms with E-state index in [0.29, 0.717) is 12.8 Å². The number of aliphatic hydroxyl groups is 1. The highest BCUT2D eigenvalue weighted by Gasteiger charge is 2.28. The minimum atomic E-state index is -0.427. The molecule has 1 saturated carbocycles. The largest absolute Gasteiger partial charge is 0.392 e. The Balaban J connectivity index is 2.54. The third kappa shape index (κ3) is 1.45. The SMILES string of the molecule is CC=CC1CC(=O)CC1O. The van der Waals surface area contributed by atoms with E-state index in [1.165, 1.54) is 0 Å². The summed E-state index contributed by atoms with van der Waals surface area (Å²) in [7, 11) is 0. The molecule has 0 heterocycles. The molecule has 0 aliphatic heterocycles. The predicted molar refractivity (Wildman–Crippen MR) is 38.6 cm³/mol. The van der Waals surface area contributed by atoms with Crippen LogP contribution in [0.1, 0.15) is 19.8 Å². The molecule has 1 fully saturated rings. The Labute approximate surface area is 60.6 Å². The van der Waals surface area contributed by atoms with Crippen LogP contribution in [0, 0.1) is 5.92 Å². The van der Waals surface area contributed by atoms with E-state index in [0.717, 1.165) is 0 Å². The van der Waals surface area contributed by atoms with Crippen molar-refractivity contribution in [1.29, 1.82) is 0 Å². The number of Topliss-reactive ketones (excluding diaryl/α,β-unsaturated/α-hetero) is 1. The highest BCUT2D eigenvalue weighted by atomic mass is 16.3. The number of allylic oxidation sites excluding steroid dienone is 1. The van der Waals surface area contributed by atoms with Gasteiger partial charge in [-0.15, -0.1) is 0 Å². The first-order valence-electron chi connectivity index (χ1n) is 3.56. The van der Waals surface area contributed by atoms with Crippen molar-refractivity contribution in [3.05, 3.63) is 12.2 Å². The first kappa shape index (κ1) is 7.48. The average Bonchev–Trinajstić information content (AvgIpc) is 2.13. The van der Waals surface area contributed by atoms with Crippen LogP contribution in [0.3, 0.4) is 0 Å².